The van der Waals surface area contributed by atoms with Crippen LogP contribution in [0, 0.1) is 0 Å². The van der Waals surface area contributed by atoms with Gasteiger partial charge in [0.2, 0.25) is 11.9 Å². The lowest BCUT2D eigenvalue weighted by Gasteiger charge is -2.00. The molecule has 82 valence electrons. The molecule has 5 N–H and O–H groups in total. The summed E-state index contributed by atoms with van der Waals surface area (Å²) in [4.78, 5) is 21.3. The highest BCUT2D eigenvalue weighted by Gasteiger charge is 2.10. The fourth-order valence-electron chi connectivity index (χ4n) is 0.755. The average molecular weight is 230 g/mol. The van der Waals surface area contributed by atoms with Crippen LogP contribution in [0.25, 0.3) is 0 Å². The van der Waals surface area contributed by atoms with Crippen molar-refractivity contribution < 1.29 is 9.59 Å². The lowest BCUT2D eigenvalue weighted by molar-refractivity contribution is -0.117. The van der Waals surface area contributed by atoms with Gasteiger partial charge in [-0.2, -0.15) is 0 Å². The van der Waals surface area contributed by atoms with E-state index in [9.17, 15) is 9.59 Å². The van der Waals surface area contributed by atoms with Crippen molar-refractivity contribution in [2.75, 3.05) is 11.5 Å². The van der Waals surface area contributed by atoms with Crippen LogP contribution in [0.3, 0.4) is 0 Å². The number of aromatic nitrogens is 3. The van der Waals surface area contributed by atoms with Crippen molar-refractivity contribution in [2.45, 2.75) is 5.16 Å². The molecule has 8 nitrogen and oxygen atoms in total. The molecule has 0 aromatic carbocycles. The summed E-state index contributed by atoms with van der Waals surface area (Å²) < 4.78 is 1.53. The second kappa shape index (κ2) is 4.64. The molecular weight excluding hydrogens is 220 g/mol. The number of amides is 3. The molecule has 0 aliphatic carbocycles. The molecule has 0 saturated heterocycles. The molecule has 15 heavy (non-hydrogen) atoms. The third-order valence-corrected chi connectivity index (χ3v) is 2.48. The molecule has 1 aromatic rings. The van der Waals surface area contributed by atoms with E-state index in [1.165, 1.54) is 4.57 Å². The number of nitrogens with two attached hydrogens (primary N) is 2. The molecule has 9 heteroatoms. The quantitative estimate of drug-likeness (QED) is 0.552. The zero-order valence-corrected chi connectivity index (χ0v) is 8.74. The van der Waals surface area contributed by atoms with Crippen molar-refractivity contribution >= 4 is 29.6 Å². The summed E-state index contributed by atoms with van der Waals surface area (Å²) in [7, 11) is 1.67. The van der Waals surface area contributed by atoms with Crippen molar-refractivity contribution in [2.24, 2.45) is 12.8 Å². The molecule has 0 spiro atoms. The molecule has 0 atom stereocenters. The number of carbonyl (C=O) groups excluding carboxylic acids is 2. The second-order valence-electron chi connectivity index (χ2n) is 2.60. The van der Waals surface area contributed by atoms with Gasteiger partial charge in [-0.25, -0.2) is 4.79 Å². The highest BCUT2D eigenvalue weighted by atomic mass is 32.2. The van der Waals surface area contributed by atoms with E-state index in [2.05, 4.69) is 10.2 Å². The van der Waals surface area contributed by atoms with E-state index in [0.29, 0.717) is 5.16 Å². The van der Waals surface area contributed by atoms with Gasteiger partial charge in [0.1, 0.15) is 0 Å². The van der Waals surface area contributed by atoms with E-state index in [1.807, 2.05) is 5.32 Å². The maximum Gasteiger partial charge on any atom is 0.318 e. The molecule has 0 radical (unpaired) electrons. The number of nitrogens with one attached hydrogen (secondary N) is 1. The number of nitrogen functional groups attached to an aromatic ring is 1. The molecule has 0 aliphatic heterocycles. The van der Waals surface area contributed by atoms with Gasteiger partial charge in [0.25, 0.3) is 0 Å². The van der Waals surface area contributed by atoms with Crippen molar-refractivity contribution in [3.8, 4) is 0 Å². The van der Waals surface area contributed by atoms with Crippen LogP contribution in [-0.2, 0) is 11.8 Å². The lowest BCUT2D eigenvalue weighted by atomic mass is 10.7. The number of nitrogens with zero attached hydrogens (tertiary/aromatic N) is 3. The van der Waals surface area contributed by atoms with Gasteiger partial charge < -0.3 is 11.5 Å². The summed E-state index contributed by atoms with van der Waals surface area (Å²) in [5, 5.41) is 9.75. The van der Waals surface area contributed by atoms with Gasteiger partial charge in [-0.1, -0.05) is 11.8 Å². The smallest absolute Gasteiger partial charge is 0.318 e. The molecule has 1 rings (SSSR count). The zero-order chi connectivity index (χ0) is 11.4. The summed E-state index contributed by atoms with van der Waals surface area (Å²) in [5.74, 6) is -0.212. The Balaban J connectivity index is 2.47. The fourth-order valence-corrected chi connectivity index (χ4v) is 1.47. The van der Waals surface area contributed by atoms with Gasteiger partial charge in [-0.3, -0.25) is 14.7 Å². The van der Waals surface area contributed by atoms with Gasteiger partial charge in [0, 0.05) is 7.05 Å². The average Bonchev–Trinajstić information content (AvgIpc) is 2.44. The number of hydrogen-bond donors (Lipinski definition) is 3. The number of anilines is 1. The minimum absolute atomic E-state index is 0.0227. The minimum atomic E-state index is -0.877. The Hall–Kier alpha value is -1.77. The molecule has 1 aromatic heterocycles. The predicted molar refractivity (Wildman–Crippen MR) is 53.9 cm³/mol. The first-order chi connectivity index (χ1) is 7.00. The molecule has 0 aliphatic rings. The van der Waals surface area contributed by atoms with Crippen molar-refractivity contribution in [3.63, 3.8) is 0 Å². The predicted octanol–water partition coefficient (Wildman–Crippen LogP) is -1.32. The Labute approximate surface area is 89.4 Å². The van der Waals surface area contributed by atoms with Crippen LogP contribution in [0.1, 0.15) is 0 Å². The minimum Gasteiger partial charge on any atom is -0.368 e. The largest absolute Gasteiger partial charge is 0.368 e. The van der Waals surface area contributed by atoms with Crippen LogP contribution >= 0.6 is 11.8 Å². The Morgan fingerprint density at radius 3 is 2.67 bits per heavy atom. The highest BCUT2D eigenvalue weighted by Crippen LogP contribution is 2.15. The van der Waals surface area contributed by atoms with Gasteiger partial charge in [-0.05, 0) is 0 Å². The third-order valence-electron chi connectivity index (χ3n) is 1.46. The summed E-state index contributed by atoms with van der Waals surface area (Å²) >= 11 is 1.11. The van der Waals surface area contributed by atoms with Crippen molar-refractivity contribution in [3.05, 3.63) is 0 Å². The molecule has 1 heterocycles. The van der Waals surface area contributed by atoms with Crippen LogP contribution < -0.4 is 16.8 Å². The highest BCUT2D eigenvalue weighted by molar-refractivity contribution is 7.99. The first-order valence-corrected chi connectivity index (χ1v) is 4.86. The number of thioether (sulfide) groups is 1. The van der Waals surface area contributed by atoms with Crippen LogP contribution in [0.4, 0.5) is 10.7 Å². The first kappa shape index (κ1) is 11.3. The number of imide groups is 1. The Morgan fingerprint density at radius 1 is 1.53 bits per heavy atom. The van der Waals surface area contributed by atoms with E-state index in [1.54, 1.807) is 7.05 Å². The monoisotopic (exact) mass is 230 g/mol. The lowest BCUT2D eigenvalue weighted by Crippen LogP contribution is -2.36. The molecule has 0 saturated carbocycles. The maximum absolute atomic E-state index is 11.0. The van der Waals surface area contributed by atoms with Crippen molar-refractivity contribution in [1.82, 2.24) is 20.1 Å². The van der Waals surface area contributed by atoms with E-state index in [4.69, 9.17) is 11.5 Å². The SMILES string of the molecule is Cn1c(N)nnc1SCC(=O)NC(N)=O. The molecule has 3 amide bonds. The van der Waals surface area contributed by atoms with Crippen LogP contribution in [0.15, 0.2) is 5.16 Å². The standard InChI is InChI=1S/C6H10N6O2S/c1-12-4(7)10-11-6(12)15-2-3(13)9-5(8)14/h2H2,1H3,(H2,7,10)(H3,8,9,13,14). The topological polar surface area (TPSA) is 129 Å². The van der Waals surface area contributed by atoms with E-state index >= 15 is 0 Å². The molecule has 0 fully saturated rings. The fraction of sp³-hybridized carbons (Fsp3) is 0.333. The Bertz CT molecular complexity index is 389. The maximum atomic E-state index is 11.0. The molecular formula is C6H10N6O2S. The van der Waals surface area contributed by atoms with Crippen molar-refractivity contribution in [1.29, 1.82) is 0 Å². The van der Waals surface area contributed by atoms with Gasteiger partial charge in [0.05, 0.1) is 5.75 Å². The molecule has 0 unspecified atom stereocenters. The Morgan fingerprint density at radius 2 is 2.20 bits per heavy atom. The van der Waals surface area contributed by atoms with Crippen LogP contribution in [-0.4, -0.2) is 32.5 Å². The second-order valence-corrected chi connectivity index (χ2v) is 3.54. The zero-order valence-electron chi connectivity index (χ0n) is 7.93. The van der Waals surface area contributed by atoms with E-state index in [0.717, 1.165) is 11.8 Å². The number of carbonyl (C=O) groups is 2. The molecule has 0 bridgehead atoms. The number of rotatable bonds is 3. The van der Waals surface area contributed by atoms with Gasteiger partial charge in [-0.15, -0.1) is 10.2 Å². The normalized spacial score (nSPS) is 9.93. The van der Waals surface area contributed by atoms with Gasteiger partial charge >= 0.3 is 6.03 Å². The number of hydrogen-bond acceptors (Lipinski definition) is 6. The van der Waals surface area contributed by atoms with Crippen LogP contribution in [0.5, 0.6) is 0 Å². The van der Waals surface area contributed by atoms with Crippen LogP contribution in [0.2, 0.25) is 0 Å². The number of urea groups is 1. The van der Waals surface area contributed by atoms with E-state index < -0.39 is 11.9 Å². The summed E-state index contributed by atoms with van der Waals surface area (Å²) in [6.07, 6.45) is 0. The first-order valence-electron chi connectivity index (χ1n) is 3.87. The number of primary amides is 1. The summed E-state index contributed by atoms with van der Waals surface area (Å²) in [6, 6.07) is -0.877. The summed E-state index contributed by atoms with van der Waals surface area (Å²) in [6.45, 7) is 0. The van der Waals surface area contributed by atoms with Gasteiger partial charge in [0.15, 0.2) is 5.16 Å². The third kappa shape index (κ3) is 3.13. The Kier molecular flexibility index (Phi) is 3.50. The van der Waals surface area contributed by atoms with E-state index in [-0.39, 0.29) is 11.7 Å². The summed E-state index contributed by atoms with van der Waals surface area (Å²) in [5.41, 5.74) is 10.2.